The molecule has 0 aliphatic carbocycles. The molecule has 0 radical (unpaired) electrons. The van der Waals surface area contributed by atoms with E-state index in [0.29, 0.717) is 27.7 Å². The average Bonchev–Trinajstić information content (AvgIpc) is 2.43. The van der Waals surface area contributed by atoms with Gasteiger partial charge in [-0.05, 0) is 26.0 Å². The lowest BCUT2D eigenvalue weighted by Gasteiger charge is -2.14. The van der Waals surface area contributed by atoms with Crippen molar-refractivity contribution in [3.05, 3.63) is 34.2 Å². The Hall–Kier alpha value is -1.69. The van der Waals surface area contributed by atoms with Gasteiger partial charge in [0.05, 0.1) is 12.3 Å². The topological polar surface area (TPSA) is 51.2 Å². The third-order valence-corrected chi connectivity index (χ3v) is 3.43. The molecule has 4 nitrogen and oxygen atoms in total. The lowest BCUT2D eigenvalue weighted by Crippen LogP contribution is -2.11. The van der Waals surface area contributed by atoms with E-state index in [2.05, 4.69) is 26.2 Å². The minimum Gasteiger partial charge on any atom is -0.462 e. The Kier molecular flexibility index (Phi) is 4.54. The zero-order valence-electron chi connectivity index (χ0n) is 11.2. The number of carbonyl (C=O) groups excluding carboxylic acids is 1. The van der Waals surface area contributed by atoms with Crippen LogP contribution >= 0.6 is 15.9 Å². The number of fused-ring (bicyclic) bond motifs is 1. The summed E-state index contributed by atoms with van der Waals surface area (Å²) in [6, 6.07) is 2.92. The predicted octanol–water partition coefficient (Wildman–Crippen LogP) is 3.74. The predicted molar refractivity (Wildman–Crippen MR) is 79.5 cm³/mol. The second-order valence-corrected chi connectivity index (χ2v) is 4.90. The van der Waals surface area contributed by atoms with Gasteiger partial charge in [-0.3, -0.25) is 4.98 Å². The Morgan fingerprint density at radius 1 is 1.45 bits per heavy atom. The maximum Gasteiger partial charge on any atom is 0.341 e. The molecule has 1 N–H and O–H groups in total. The number of halogens is 2. The maximum absolute atomic E-state index is 13.8. The van der Waals surface area contributed by atoms with Gasteiger partial charge in [0.25, 0.3) is 0 Å². The van der Waals surface area contributed by atoms with Gasteiger partial charge in [-0.1, -0.05) is 15.9 Å². The van der Waals surface area contributed by atoms with Crippen LogP contribution in [0, 0.1) is 5.82 Å². The monoisotopic (exact) mass is 340 g/mol. The van der Waals surface area contributed by atoms with Crippen molar-refractivity contribution >= 4 is 38.5 Å². The van der Waals surface area contributed by atoms with Crippen LogP contribution in [-0.4, -0.2) is 24.1 Å². The molecule has 106 valence electrons. The minimum absolute atomic E-state index is 0.211. The molecular formula is C14H14BrFN2O2. The number of carbonyl (C=O) groups is 1. The number of rotatable bonds is 4. The second kappa shape index (κ2) is 6.17. The van der Waals surface area contributed by atoms with Crippen LogP contribution in [0.5, 0.6) is 0 Å². The molecule has 0 saturated carbocycles. The van der Waals surface area contributed by atoms with Crippen molar-refractivity contribution in [2.24, 2.45) is 0 Å². The number of hydrogen-bond acceptors (Lipinski definition) is 4. The van der Waals surface area contributed by atoms with E-state index in [-0.39, 0.29) is 12.1 Å². The van der Waals surface area contributed by atoms with E-state index in [1.54, 1.807) is 13.0 Å². The summed E-state index contributed by atoms with van der Waals surface area (Å²) in [6.07, 6.45) is 1.34. The summed E-state index contributed by atoms with van der Waals surface area (Å²) in [5.74, 6) is -0.910. The van der Waals surface area contributed by atoms with Gasteiger partial charge < -0.3 is 10.1 Å². The number of nitrogens with one attached hydrogen (secondary N) is 1. The smallest absolute Gasteiger partial charge is 0.341 e. The van der Waals surface area contributed by atoms with Crippen LogP contribution in [0.25, 0.3) is 10.9 Å². The van der Waals surface area contributed by atoms with Gasteiger partial charge in [0, 0.05) is 22.6 Å². The summed E-state index contributed by atoms with van der Waals surface area (Å²) >= 11 is 3.38. The zero-order valence-corrected chi connectivity index (χ0v) is 12.8. The van der Waals surface area contributed by atoms with Crippen molar-refractivity contribution in [1.82, 2.24) is 4.98 Å². The van der Waals surface area contributed by atoms with Crippen molar-refractivity contribution in [3.63, 3.8) is 0 Å². The highest BCUT2D eigenvalue weighted by atomic mass is 79.9. The van der Waals surface area contributed by atoms with Crippen molar-refractivity contribution < 1.29 is 13.9 Å². The fourth-order valence-corrected chi connectivity index (χ4v) is 2.48. The van der Waals surface area contributed by atoms with Crippen molar-refractivity contribution in [2.45, 2.75) is 13.8 Å². The van der Waals surface area contributed by atoms with E-state index in [1.807, 2.05) is 6.92 Å². The third kappa shape index (κ3) is 2.60. The van der Waals surface area contributed by atoms with Gasteiger partial charge >= 0.3 is 5.97 Å². The summed E-state index contributed by atoms with van der Waals surface area (Å²) in [5, 5.41) is 3.63. The van der Waals surface area contributed by atoms with Crippen LogP contribution in [-0.2, 0) is 4.74 Å². The van der Waals surface area contributed by atoms with Gasteiger partial charge in [0.15, 0.2) is 0 Å². The van der Waals surface area contributed by atoms with Crippen LogP contribution < -0.4 is 5.32 Å². The Morgan fingerprint density at radius 3 is 2.85 bits per heavy atom. The molecule has 1 aromatic heterocycles. The molecule has 2 rings (SSSR count). The molecule has 0 aliphatic heterocycles. The Balaban J connectivity index is 2.74. The molecule has 0 atom stereocenters. The average molecular weight is 341 g/mol. The van der Waals surface area contributed by atoms with Crippen molar-refractivity contribution in [1.29, 1.82) is 0 Å². The van der Waals surface area contributed by atoms with Crippen LogP contribution in [0.1, 0.15) is 24.2 Å². The minimum atomic E-state index is -0.478. The lowest BCUT2D eigenvalue weighted by molar-refractivity contribution is 0.0527. The van der Waals surface area contributed by atoms with Gasteiger partial charge in [-0.2, -0.15) is 0 Å². The molecule has 6 heteroatoms. The highest BCUT2D eigenvalue weighted by molar-refractivity contribution is 9.10. The molecule has 2 aromatic rings. The summed E-state index contributed by atoms with van der Waals surface area (Å²) in [7, 11) is 0. The van der Waals surface area contributed by atoms with E-state index in [4.69, 9.17) is 4.74 Å². The molecular weight excluding hydrogens is 327 g/mol. The largest absolute Gasteiger partial charge is 0.462 e. The molecule has 0 saturated heterocycles. The number of hydrogen-bond donors (Lipinski definition) is 1. The van der Waals surface area contributed by atoms with Crippen molar-refractivity contribution in [3.8, 4) is 0 Å². The molecule has 0 amide bonds. The van der Waals surface area contributed by atoms with Gasteiger partial charge in [0.1, 0.15) is 16.9 Å². The van der Waals surface area contributed by atoms with Crippen LogP contribution in [0.4, 0.5) is 10.1 Å². The fourth-order valence-electron chi connectivity index (χ4n) is 1.96. The summed E-state index contributed by atoms with van der Waals surface area (Å²) < 4.78 is 19.5. The third-order valence-electron chi connectivity index (χ3n) is 2.77. The number of nitrogens with zero attached hydrogens (tertiary/aromatic N) is 1. The Labute approximate surface area is 124 Å². The van der Waals surface area contributed by atoms with E-state index in [0.717, 1.165) is 0 Å². The summed E-state index contributed by atoms with van der Waals surface area (Å²) in [4.78, 5) is 16.0. The molecule has 1 heterocycles. The molecule has 0 spiro atoms. The van der Waals surface area contributed by atoms with E-state index in [1.165, 1.54) is 12.3 Å². The summed E-state index contributed by atoms with van der Waals surface area (Å²) in [6.45, 7) is 4.49. The maximum atomic E-state index is 13.8. The molecule has 0 aliphatic rings. The lowest BCUT2D eigenvalue weighted by atomic mass is 10.1. The number of pyridine rings is 1. The normalized spacial score (nSPS) is 10.6. The molecule has 0 unspecified atom stereocenters. The number of anilines is 1. The molecule has 0 bridgehead atoms. The molecule has 20 heavy (non-hydrogen) atoms. The zero-order chi connectivity index (χ0) is 14.7. The van der Waals surface area contributed by atoms with Gasteiger partial charge in [-0.25, -0.2) is 9.18 Å². The van der Waals surface area contributed by atoms with Gasteiger partial charge in [-0.15, -0.1) is 0 Å². The number of aromatic nitrogens is 1. The highest BCUT2D eigenvalue weighted by Crippen LogP contribution is 2.33. The number of benzene rings is 1. The SMILES string of the molecule is CCNc1c(C(=O)OCC)cnc2c(F)ccc(Br)c12. The standard InChI is InChI=1S/C14H14BrFN2O2/c1-3-17-12-8(14(19)20-4-2)7-18-13-10(16)6-5-9(15)11(12)13/h5-7H,3-4H2,1-2H3,(H,17,18). The van der Waals surface area contributed by atoms with E-state index in [9.17, 15) is 9.18 Å². The van der Waals surface area contributed by atoms with E-state index >= 15 is 0 Å². The van der Waals surface area contributed by atoms with Crippen LogP contribution in [0.2, 0.25) is 0 Å². The molecule has 0 fully saturated rings. The first-order valence-electron chi connectivity index (χ1n) is 6.27. The highest BCUT2D eigenvalue weighted by Gasteiger charge is 2.19. The first-order valence-corrected chi connectivity index (χ1v) is 7.07. The van der Waals surface area contributed by atoms with Crippen molar-refractivity contribution in [2.75, 3.05) is 18.5 Å². The summed E-state index contributed by atoms with van der Waals surface area (Å²) in [5.41, 5.74) is 1.04. The number of esters is 1. The quantitative estimate of drug-likeness (QED) is 0.861. The fraction of sp³-hybridized carbons (Fsp3) is 0.286. The Bertz CT molecular complexity index is 661. The first-order chi connectivity index (χ1) is 9.60. The van der Waals surface area contributed by atoms with Crippen LogP contribution in [0.3, 0.4) is 0 Å². The first kappa shape index (κ1) is 14.7. The van der Waals surface area contributed by atoms with E-state index < -0.39 is 11.8 Å². The molecule has 1 aromatic carbocycles. The van der Waals surface area contributed by atoms with Crippen LogP contribution in [0.15, 0.2) is 22.8 Å². The number of ether oxygens (including phenoxy) is 1. The second-order valence-electron chi connectivity index (χ2n) is 4.05. The Morgan fingerprint density at radius 2 is 2.20 bits per heavy atom. The van der Waals surface area contributed by atoms with Gasteiger partial charge in [0.2, 0.25) is 0 Å².